The Hall–Kier alpha value is -3.62. The summed E-state index contributed by atoms with van der Waals surface area (Å²) >= 11 is 0. The van der Waals surface area contributed by atoms with E-state index in [9.17, 15) is 19.2 Å². The van der Waals surface area contributed by atoms with Crippen molar-refractivity contribution in [1.82, 2.24) is 20.9 Å². The zero-order valence-electron chi connectivity index (χ0n) is 22.0. The van der Waals surface area contributed by atoms with Crippen molar-refractivity contribution in [2.24, 2.45) is 11.8 Å². The first-order valence-corrected chi connectivity index (χ1v) is 12.9. The van der Waals surface area contributed by atoms with Crippen LogP contribution in [0.4, 0.5) is 0 Å². The second-order valence-electron chi connectivity index (χ2n) is 10.7. The Bertz CT molecular complexity index is 1160. The molecule has 1 saturated heterocycles. The first-order chi connectivity index (χ1) is 17.6. The van der Waals surface area contributed by atoms with Gasteiger partial charge in [0.1, 0.15) is 24.1 Å². The second-order valence-corrected chi connectivity index (χ2v) is 10.7. The molecule has 1 fully saturated rings. The number of amides is 4. The predicted molar refractivity (Wildman–Crippen MR) is 137 cm³/mol. The smallest absolute Gasteiger partial charge is 0.254 e. The van der Waals surface area contributed by atoms with E-state index in [1.807, 2.05) is 52.0 Å². The zero-order chi connectivity index (χ0) is 26.9. The Morgan fingerprint density at radius 3 is 2.32 bits per heavy atom. The quantitative estimate of drug-likeness (QED) is 0.506. The molecule has 0 bridgehead atoms. The van der Waals surface area contributed by atoms with Gasteiger partial charge >= 0.3 is 0 Å². The Kier molecular flexibility index (Phi) is 7.71. The van der Waals surface area contributed by atoms with Crippen molar-refractivity contribution in [3.8, 4) is 0 Å². The summed E-state index contributed by atoms with van der Waals surface area (Å²) in [5.41, 5.74) is 2.57. The molecule has 1 aromatic heterocycles. The van der Waals surface area contributed by atoms with Gasteiger partial charge in [-0.15, -0.1) is 0 Å². The Morgan fingerprint density at radius 2 is 1.76 bits per heavy atom. The molecule has 1 aliphatic carbocycles. The van der Waals surface area contributed by atoms with Crippen LogP contribution in [0.3, 0.4) is 0 Å². The van der Waals surface area contributed by atoms with Gasteiger partial charge in [0.05, 0.1) is 5.56 Å². The number of nitrogens with one attached hydrogen (secondary N) is 3. The topological polar surface area (TPSA) is 121 Å². The molecule has 0 spiro atoms. The molecule has 1 unspecified atom stereocenters. The van der Waals surface area contributed by atoms with E-state index in [0.717, 1.165) is 0 Å². The molecule has 198 valence electrons. The first-order valence-electron chi connectivity index (χ1n) is 12.9. The van der Waals surface area contributed by atoms with Crippen molar-refractivity contribution >= 4 is 23.6 Å². The number of hydrogen-bond donors (Lipinski definition) is 3. The molecular weight excluding hydrogens is 472 g/mol. The van der Waals surface area contributed by atoms with Gasteiger partial charge in [-0.1, -0.05) is 38.1 Å². The first kappa shape index (κ1) is 26.4. The average Bonchev–Trinajstić information content (AvgIpc) is 3.49. The molecule has 2 heterocycles. The van der Waals surface area contributed by atoms with Crippen LogP contribution >= 0.6 is 0 Å². The van der Waals surface area contributed by atoms with Gasteiger partial charge in [0.15, 0.2) is 6.04 Å². The number of hydrogen-bond acceptors (Lipinski definition) is 5. The van der Waals surface area contributed by atoms with Gasteiger partial charge < -0.3 is 25.3 Å². The van der Waals surface area contributed by atoms with Gasteiger partial charge in [0.25, 0.3) is 11.8 Å². The maximum Gasteiger partial charge on any atom is 0.254 e. The zero-order valence-corrected chi connectivity index (χ0v) is 22.0. The molecule has 4 amide bonds. The Balaban J connectivity index is 1.75. The van der Waals surface area contributed by atoms with E-state index in [1.54, 1.807) is 0 Å². The molecular formula is C28H36N4O5. The van der Waals surface area contributed by atoms with Crippen molar-refractivity contribution in [3.63, 3.8) is 0 Å². The summed E-state index contributed by atoms with van der Waals surface area (Å²) in [7, 11) is 1.50. The number of nitrogens with zero attached hydrogens (tertiary/aromatic N) is 1. The van der Waals surface area contributed by atoms with Gasteiger partial charge in [-0.2, -0.15) is 0 Å². The van der Waals surface area contributed by atoms with Gasteiger partial charge in [-0.25, -0.2) is 0 Å². The van der Waals surface area contributed by atoms with Gasteiger partial charge in [-0.05, 0) is 62.1 Å². The Morgan fingerprint density at radius 1 is 1.11 bits per heavy atom. The highest BCUT2D eigenvalue weighted by molar-refractivity contribution is 6.00. The standard InChI is InChI=1S/C28H36N4O5/c1-15(2)10-21-26(34)31-23(19-11-17-8-6-7-9-18(17)12-19)28(36)32(21)24(27(35)30-16(3)4)22-13-20(14-37-22)25(33)29-5/h6-9,13-16,19,21,23-24H,10-12H2,1-5H3,(H,29,33)(H,30,35)(H,31,34)/t21-,23?,24-/m1/s1. The van der Waals surface area contributed by atoms with E-state index in [-0.39, 0.29) is 46.9 Å². The van der Waals surface area contributed by atoms with Crippen LogP contribution in [-0.2, 0) is 27.2 Å². The minimum absolute atomic E-state index is 0.0881. The molecule has 1 aliphatic heterocycles. The molecule has 2 aromatic rings. The SMILES string of the molecule is CNC(=O)c1coc([C@H](C(=O)NC(C)C)N2C(=O)C(C3Cc4ccccc4C3)NC(=O)[C@H]2CC(C)C)c1. The lowest BCUT2D eigenvalue weighted by Gasteiger charge is -2.44. The number of furan rings is 1. The van der Waals surface area contributed by atoms with Crippen LogP contribution in [0.5, 0.6) is 0 Å². The fourth-order valence-corrected chi connectivity index (χ4v) is 5.39. The lowest BCUT2D eigenvalue weighted by molar-refractivity contribution is -0.158. The summed E-state index contributed by atoms with van der Waals surface area (Å²) in [6.07, 6.45) is 2.98. The summed E-state index contributed by atoms with van der Waals surface area (Å²) in [5, 5.41) is 8.40. The molecule has 37 heavy (non-hydrogen) atoms. The van der Waals surface area contributed by atoms with E-state index in [4.69, 9.17) is 4.42 Å². The maximum absolute atomic E-state index is 14.2. The van der Waals surface area contributed by atoms with Crippen LogP contribution in [0.15, 0.2) is 41.0 Å². The van der Waals surface area contributed by atoms with Crippen molar-refractivity contribution in [2.45, 2.75) is 71.1 Å². The van der Waals surface area contributed by atoms with E-state index in [2.05, 4.69) is 16.0 Å². The van der Waals surface area contributed by atoms with Crippen LogP contribution in [-0.4, -0.2) is 53.7 Å². The summed E-state index contributed by atoms with van der Waals surface area (Å²) in [4.78, 5) is 55.0. The average molecular weight is 509 g/mol. The molecule has 2 aliphatic rings. The highest BCUT2D eigenvalue weighted by Crippen LogP contribution is 2.35. The molecule has 9 heteroatoms. The largest absolute Gasteiger partial charge is 0.466 e. The van der Waals surface area contributed by atoms with Gasteiger partial charge in [0, 0.05) is 13.1 Å². The summed E-state index contributed by atoms with van der Waals surface area (Å²) in [5.74, 6) is -1.32. The number of piperazine rings is 1. The predicted octanol–water partition coefficient (Wildman–Crippen LogP) is 2.36. The number of rotatable bonds is 8. The van der Waals surface area contributed by atoms with E-state index < -0.39 is 24.0 Å². The van der Waals surface area contributed by atoms with Crippen LogP contribution in [0.2, 0.25) is 0 Å². The number of carbonyl (C=O) groups is 4. The van der Waals surface area contributed by atoms with Crippen LogP contribution in [0, 0.1) is 11.8 Å². The maximum atomic E-state index is 14.2. The lowest BCUT2D eigenvalue weighted by Crippen LogP contribution is -2.67. The van der Waals surface area contributed by atoms with E-state index in [0.29, 0.717) is 19.3 Å². The number of carbonyl (C=O) groups excluding carboxylic acids is 4. The third-order valence-corrected chi connectivity index (χ3v) is 7.04. The molecule has 4 rings (SSSR count). The molecule has 3 N–H and O–H groups in total. The fourth-order valence-electron chi connectivity index (χ4n) is 5.39. The molecule has 3 atom stereocenters. The van der Waals surface area contributed by atoms with Crippen molar-refractivity contribution in [1.29, 1.82) is 0 Å². The lowest BCUT2D eigenvalue weighted by atomic mass is 9.88. The highest BCUT2D eigenvalue weighted by atomic mass is 16.3. The van der Waals surface area contributed by atoms with Crippen LogP contribution in [0.25, 0.3) is 0 Å². The normalized spacial score (nSPS) is 20.7. The molecule has 1 aromatic carbocycles. The number of fused-ring (bicyclic) bond motifs is 1. The van der Waals surface area contributed by atoms with Crippen LogP contribution in [0.1, 0.15) is 67.4 Å². The van der Waals surface area contributed by atoms with Crippen molar-refractivity contribution in [3.05, 3.63) is 59.0 Å². The highest BCUT2D eigenvalue weighted by Gasteiger charge is 2.50. The minimum atomic E-state index is -1.20. The van der Waals surface area contributed by atoms with Crippen molar-refractivity contribution in [2.75, 3.05) is 7.05 Å². The fraction of sp³-hybridized carbons (Fsp3) is 0.500. The molecule has 9 nitrogen and oxygen atoms in total. The van der Waals surface area contributed by atoms with E-state index >= 15 is 0 Å². The van der Waals surface area contributed by atoms with Gasteiger partial charge in [0.2, 0.25) is 11.8 Å². The van der Waals surface area contributed by atoms with Crippen LogP contribution < -0.4 is 16.0 Å². The Labute approximate surface area is 217 Å². The number of benzene rings is 1. The monoisotopic (exact) mass is 508 g/mol. The van der Waals surface area contributed by atoms with Crippen molar-refractivity contribution < 1.29 is 23.6 Å². The van der Waals surface area contributed by atoms with E-state index in [1.165, 1.54) is 35.4 Å². The third kappa shape index (κ3) is 5.40. The van der Waals surface area contributed by atoms with Gasteiger partial charge in [-0.3, -0.25) is 19.2 Å². The summed E-state index contributed by atoms with van der Waals surface area (Å²) in [6.45, 7) is 7.58. The third-order valence-electron chi connectivity index (χ3n) is 7.04. The summed E-state index contributed by atoms with van der Waals surface area (Å²) < 4.78 is 5.71. The second kappa shape index (κ2) is 10.8. The molecule has 0 saturated carbocycles. The molecule has 0 radical (unpaired) electrons. The minimum Gasteiger partial charge on any atom is -0.466 e. The summed E-state index contributed by atoms with van der Waals surface area (Å²) in [6, 6.07) is 6.47.